The highest BCUT2D eigenvalue weighted by Gasteiger charge is 2.17. The molecule has 0 fully saturated rings. The monoisotopic (exact) mass is 402 g/mol. The van der Waals surface area contributed by atoms with Crippen molar-refractivity contribution >= 4 is 33.8 Å². The second-order valence-electron chi connectivity index (χ2n) is 4.84. The van der Waals surface area contributed by atoms with E-state index in [1.807, 2.05) is 90.8 Å². The number of nitrogens with one attached hydrogen (secondary N) is 1. The molecule has 3 nitrogen and oxygen atoms in total. The molecule has 0 unspecified atom stereocenters. The van der Waals surface area contributed by atoms with Gasteiger partial charge in [-0.3, -0.25) is 8.77 Å². The molecule has 0 spiro atoms. The fourth-order valence-corrected chi connectivity index (χ4v) is 3.49. The number of halogens is 1. The Morgan fingerprint density at radius 3 is 2.58 bits per heavy atom. The first-order chi connectivity index (χ1) is 11.7. The summed E-state index contributed by atoms with van der Waals surface area (Å²) in [5.74, 6) is -0.163. The number of allylic oxidation sites excluding steroid dienone is 5. The number of benzene rings is 1. The number of aromatic nitrogens is 1. The lowest BCUT2D eigenvalue weighted by atomic mass is 10.3. The van der Waals surface area contributed by atoms with Crippen LogP contribution in [-0.4, -0.2) is 9.88 Å². The number of carbonyl (C=O) groups excluding carboxylic acids is 1. The smallest absolute Gasteiger partial charge is 0.274 e. The maximum absolute atomic E-state index is 12.7. The van der Waals surface area contributed by atoms with Crippen LogP contribution in [0.5, 0.6) is 0 Å². The van der Waals surface area contributed by atoms with E-state index in [0.717, 1.165) is 15.1 Å². The minimum atomic E-state index is -0.163. The summed E-state index contributed by atoms with van der Waals surface area (Å²) in [5, 5.41) is 2.94. The molecule has 24 heavy (non-hydrogen) atoms. The van der Waals surface area contributed by atoms with Crippen LogP contribution in [0.4, 0.5) is 0 Å². The molecule has 0 atom stereocenters. The molecular formula is C19H19BrN2OS. The third-order valence-corrected chi connectivity index (χ3v) is 4.66. The molecule has 5 heteroatoms. The first-order valence-corrected chi connectivity index (χ1v) is 9.09. The second-order valence-corrected chi connectivity index (χ2v) is 6.75. The van der Waals surface area contributed by atoms with E-state index >= 15 is 0 Å². The third-order valence-electron chi connectivity index (χ3n) is 3.04. The highest BCUT2D eigenvalue weighted by molar-refractivity contribution is 9.10. The van der Waals surface area contributed by atoms with Crippen LogP contribution in [0.2, 0.25) is 0 Å². The molecule has 0 radical (unpaired) electrons. The minimum absolute atomic E-state index is 0.163. The normalized spacial score (nSPS) is 12.2. The lowest BCUT2D eigenvalue weighted by Gasteiger charge is -2.10. The molecule has 1 amide bonds. The van der Waals surface area contributed by atoms with E-state index in [4.69, 9.17) is 0 Å². The van der Waals surface area contributed by atoms with Crippen LogP contribution in [0.25, 0.3) is 0 Å². The van der Waals surface area contributed by atoms with Gasteiger partial charge < -0.3 is 5.32 Å². The predicted molar refractivity (Wildman–Crippen MR) is 105 cm³/mol. The van der Waals surface area contributed by atoms with E-state index in [1.54, 1.807) is 0 Å². The Morgan fingerprint density at radius 2 is 1.92 bits per heavy atom. The average Bonchev–Trinajstić information content (AvgIpc) is 2.94. The van der Waals surface area contributed by atoms with E-state index in [0.29, 0.717) is 5.69 Å². The van der Waals surface area contributed by atoms with Gasteiger partial charge in [0, 0.05) is 21.3 Å². The summed E-state index contributed by atoms with van der Waals surface area (Å²) >= 11 is 4.96. The largest absolute Gasteiger partial charge is 0.321 e. The maximum atomic E-state index is 12.7. The molecule has 0 saturated heterocycles. The Balaban J connectivity index is 2.24. The summed E-state index contributed by atoms with van der Waals surface area (Å²) in [5.41, 5.74) is 1.31. The van der Waals surface area contributed by atoms with Gasteiger partial charge >= 0.3 is 0 Å². The summed E-state index contributed by atoms with van der Waals surface area (Å²) in [6, 6.07) is 11.8. The Morgan fingerprint density at radius 1 is 1.17 bits per heavy atom. The molecular weight excluding hydrogens is 384 g/mol. The average molecular weight is 403 g/mol. The van der Waals surface area contributed by atoms with Crippen molar-refractivity contribution in [2.24, 2.45) is 0 Å². The van der Waals surface area contributed by atoms with Crippen LogP contribution < -0.4 is 5.32 Å². The zero-order valence-electron chi connectivity index (χ0n) is 13.6. The number of amides is 1. The van der Waals surface area contributed by atoms with Crippen molar-refractivity contribution in [3.63, 3.8) is 0 Å². The van der Waals surface area contributed by atoms with Crippen LogP contribution in [0.15, 0.2) is 88.0 Å². The van der Waals surface area contributed by atoms with Crippen molar-refractivity contribution in [2.45, 2.75) is 18.7 Å². The number of carbonyl (C=O) groups is 1. The molecule has 1 heterocycles. The maximum Gasteiger partial charge on any atom is 0.274 e. The first-order valence-electron chi connectivity index (χ1n) is 7.53. The van der Waals surface area contributed by atoms with E-state index in [9.17, 15) is 4.79 Å². The van der Waals surface area contributed by atoms with Gasteiger partial charge in [0.25, 0.3) is 5.91 Å². The molecule has 0 bridgehead atoms. The fourth-order valence-electron chi connectivity index (χ4n) is 1.98. The Hall–Kier alpha value is -1.98. The molecule has 124 valence electrons. The van der Waals surface area contributed by atoms with Crippen molar-refractivity contribution in [1.29, 1.82) is 0 Å². The molecule has 2 rings (SSSR count). The van der Waals surface area contributed by atoms with Gasteiger partial charge in [0.15, 0.2) is 0 Å². The number of hydrogen-bond acceptors (Lipinski definition) is 2. The van der Waals surface area contributed by atoms with Crippen molar-refractivity contribution < 1.29 is 4.79 Å². The van der Waals surface area contributed by atoms with Gasteiger partial charge in [0.1, 0.15) is 5.69 Å². The van der Waals surface area contributed by atoms with Gasteiger partial charge in [-0.25, -0.2) is 0 Å². The van der Waals surface area contributed by atoms with E-state index in [1.165, 1.54) is 11.9 Å². The van der Waals surface area contributed by atoms with E-state index in [2.05, 4.69) is 21.2 Å². The van der Waals surface area contributed by atoms with Gasteiger partial charge in [-0.1, -0.05) is 36.4 Å². The summed E-state index contributed by atoms with van der Waals surface area (Å²) < 4.78 is 2.62. The van der Waals surface area contributed by atoms with Gasteiger partial charge in [-0.2, -0.15) is 0 Å². The van der Waals surface area contributed by atoms with Crippen molar-refractivity contribution in [3.05, 3.63) is 88.8 Å². The van der Waals surface area contributed by atoms with Crippen LogP contribution >= 0.6 is 27.9 Å². The molecule has 1 aromatic carbocycles. The Bertz CT molecular complexity index is 776. The van der Waals surface area contributed by atoms with Crippen LogP contribution in [-0.2, 0) is 0 Å². The van der Waals surface area contributed by atoms with Gasteiger partial charge in [-0.05, 0) is 72.1 Å². The molecule has 0 saturated carbocycles. The Kier molecular flexibility index (Phi) is 7.15. The van der Waals surface area contributed by atoms with Crippen molar-refractivity contribution in [1.82, 2.24) is 9.29 Å². The van der Waals surface area contributed by atoms with Crippen molar-refractivity contribution in [2.75, 3.05) is 0 Å². The first kappa shape index (κ1) is 18.4. The Labute approximate surface area is 155 Å². The SMILES string of the molecule is C\C=C/C=C(\C=C/C)NC(=O)c1c(Br)ccn1Sc1ccccc1. The van der Waals surface area contributed by atoms with Gasteiger partial charge in [0.2, 0.25) is 0 Å². The lowest BCUT2D eigenvalue weighted by molar-refractivity contribution is 0.0961. The minimum Gasteiger partial charge on any atom is -0.321 e. The van der Waals surface area contributed by atoms with Gasteiger partial charge in [0.05, 0.1) is 0 Å². The fraction of sp³-hybridized carbons (Fsp3) is 0.105. The molecule has 0 aliphatic heterocycles. The predicted octanol–water partition coefficient (Wildman–Crippen LogP) is 5.57. The van der Waals surface area contributed by atoms with E-state index < -0.39 is 0 Å². The van der Waals surface area contributed by atoms with Crippen molar-refractivity contribution in [3.8, 4) is 0 Å². The summed E-state index contributed by atoms with van der Waals surface area (Å²) in [6.45, 7) is 3.85. The number of rotatable bonds is 6. The molecule has 0 aliphatic carbocycles. The zero-order valence-corrected chi connectivity index (χ0v) is 16.0. The summed E-state index contributed by atoms with van der Waals surface area (Å²) in [6.07, 6.45) is 11.3. The molecule has 0 aliphatic rings. The second kappa shape index (κ2) is 9.35. The standard InChI is InChI=1S/C19H19BrN2OS/c1-3-5-10-15(9-4-2)21-19(23)18-17(20)13-14-22(18)24-16-11-7-6-8-12-16/h3-14H,1-2H3,(H,21,23)/b5-3-,9-4-,15-10+. The molecule has 1 aromatic heterocycles. The summed E-state index contributed by atoms with van der Waals surface area (Å²) in [7, 11) is 0. The highest BCUT2D eigenvalue weighted by atomic mass is 79.9. The van der Waals surface area contributed by atoms with Gasteiger partial charge in [-0.15, -0.1) is 0 Å². The van der Waals surface area contributed by atoms with E-state index in [-0.39, 0.29) is 5.91 Å². The topological polar surface area (TPSA) is 34.0 Å². The summed E-state index contributed by atoms with van der Waals surface area (Å²) in [4.78, 5) is 13.8. The van der Waals surface area contributed by atoms with Crippen LogP contribution in [0, 0.1) is 0 Å². The highest BCUT2D eigenvalue weighted by Crippen LogP contribution is 2.27. The van der Waals surface area contributed by atoms with Crippen LogP contribution in [0.3, 0.4) is 0 Å². The molecule has 1 N–H and O–H groups in total. The number of hydrogen-bond donors (Lipinski definition) is 1. The third kappa shape index (κ3) is 5.01. The quantitative estimate of drug-likeness (QED) is 0.640. The molecule has 2 aromatic rings. The zero-order chi connectivity index (χ0) is 17.4. The number of nitrogens with zero attached hydrogens (tertiary/aromatic N) is 1. The lowest BCUT2D eigenvalue weighted by Crippen LogP contribution is -2.24. The van der Waals surface area contributed by atoms with Crippen LogP contribution in [0.1, 0.15) is 24.3 Å².